The summed E-state index contributed by atoms with van der Waals surface area (Å²) in [5.74, 6) is 0.728. The van der Waals surface area contributed by atoms with Crippen molar-refractivity contribution < 1.29 is 4.79 Å². The summed E-state index contributed by atoms with van der Waals surface area (Å²) in [6.07, 6.45) is 9.89. The van der Waals surface area contributed by atoms with Gasteiger partial charge in [-0.2, -0.15) is 0 Å². The van der Waals surface area contributed by atoms with E-state index in [4.69, 9.17) is 0 Å². The maximum absolute atomic E-state index is 12.9. The lowest BCUT2D eigenvalue weighted by Crippen LogP contribution is -2.51. The molecule has 0 saturated carbocycles. The molecule has 0 N–H and O–H groups in total. The Morgan fingerprint density at radius 2 is 1.50 bits per heavy atom. The number of rotatable bonds is 2. The Kier molecular flexibility index (Phi) is 5.75. The summed E-state index contributed by atoms with van der Waals surface area (Å²) in [7, 11) is 2.22. The van der Waals surface area contributed by atoms with Gasteiger partial charge in [0.05, 0.1) is 5.92 Å². The van der Waals surface area contributed by atoms with Gasteiger partial charge in [0.2, 0.25) is 5.91 Å². The Morgan fingerprint density at radius 3 is 2.18 bits per heavy atom. The SMILES string of the molecule is CN1CCC(N2CCC[C@H](C(=O)N3CCCCCC3)C2)CC1. The molecule has 3 heterocycles. The second-order valence-corrected chi connectivity index (χ2v) is 7.61. The summed E-state index contributed by atoms with van der Waals surface area (Å²) in [4.78, 5) is 20.1. The Labute approximate surface area is 135 Å². The van der Waals surface area contributed by atoms with Crippen LogP contribution >= 0.6 is 0 Å². The van der Waals surface area contributed by atoms with Gasteiger partial charge in [0.15, 0.2) is 0 Å². The van der Waals surface area contributed by atoms with Gasteiger partial charge in [-0.25, -0.2) is 0 Å². The number of amides is 1. The van der Waals surface area contributed by atoms with Gasteiger partial charge < -0.3 is 9.80 Å². The van der Waals surface area contributed by atoms with Crippen LogP contribution < -0.4 is 0 Å². The van der Waals surface area contributed by atoms with Crippen LogP contribution in [0.3, 0.4) is 0 Å². The molecule has 0 radical (unpaired) electrons. The van der Waals surface area contributed by atoms with E-state index >= 15 is 0 Å². The van der Waals surface area contributed by atoms with Crippen LogP contribution in [-0.4, -0.2) is 73.0 Å². The van der Waals surface area contributed by atoms with Crippen LogP contribution in [0, 0.1) is 5.92 Å². The fraction of sp³-hybridized carbons (Fsp3) is 0.944. The van der Waals surface area contributed by atoms with Crippen molar-refractivity contribution in [2.24, 2.45) is 5.92 Å². The molecule has 0 aromatic carbocycles. The lowest BCUT2D eigenvalue weighted by atomic mass is 9.93. The van der Waals surface area contributed by atoms with Crippen molar-refractivity contribution in [1.29, 1.82) is 0 Å². The minimum absolute atomic E-state index is 0.270. The Hall–Kier alpha value is -0.610. The second-order valence-electron chi connectivity index (χ2n) is 7.61. The lowest BCUT2D eigenvalue weighted by Gasteiger charge is -2.42. The molecular formula is C18H33N3O. The van der Waals surface area contributed by atoms with Crippen LogP contribution in [0.1, 0.15) is 51.4 Å². The van der Waals surface area contributed by atoms with E-state index < -0.39 is 0 Å². The van der Waals surface area contributed by atoms with Crippen molar-refractivity contribution in [2.75, 3.05) is 46.3 Å². The van der Waals surface area contributed by atoms with Gasteiger partial charge in [-0.1, -0.05) is 12.8 Å². The minimum Gasteiger partial charge on any atom is -0.342 e. The van der Waals surface area contributed by atoms with E-state index in [-0.39, 0.29) is 5.92 Å². The quantitative estimate of drug-likeness (QED) is 0.782. The molecule has 1 atom stereocenters. The van der Waals surface area contributed by atoms with Crippen LogP contribution in [0.4, 0.5) is 0 Å². The first-order valence-corrected chi connectivity index (χ1v) is 9.45. The van der Waals surface area contributed by atoms with Crippen LogP contribution in [0.25, 0.3) is 0 Å². The standard InChI is InChI=1S/C18H33N3O/c1-19-13-8-17(9-14-19)21-12-6-7-16(15-21)18(22)20-10-4-2-3-5-11-20/h16-17H,2-15H2,1H3/t16-/m0/s1. The van der Waals surface area contributed by atoms with Crippen LogP contribution in [-0.2, 0) is 4.79 Å². The molecule has 0 bridgehead atoms. The highest BCUT2D eigenvalue weighted by molar-refractivity contribution is 5.79. The van der Waals surface area contributed by atoms with Gasteiger partial charge in [0.1, 0.15) is 0 Å². The summed E-state index contributed by atoms with van der Waals surface area (Å²) in [5.41, 5.74) is 0. The molecule has 3 aliphatic heterocycles. The first-order chi connectivity index (χ1) is 10.7. The van der Waals surface area contributed by atoms with E-state index in [1.54, 1.807) is 0 Å². The average molecular weight is 307 g/mol. The normalized spacial score (nSPS) is 30.2. The van der Waals surface area contributed by atoms with Gasteiger partial charge in [-0.3, -0.25) is 9.69 Å². The zero-order valence-electron chi connectivity index (χ0n) is 14.3. The Balaban J connectivity index is 1.54. The van der Waals surface area contributed by atoms with Crippen molar-refractivity contribution in [3.05, 3.63) is 0 Å². The van der Waals surface area contributed by atoms with E-state index in [1.807, 2.05) is 0 Å². The van der Waals surface area contributed by atoms with Crippen molar-refractivity contribution >= 4 is 5.91 Å². The molecule has 0 aliphatic carbocycles. The second kappa shape index (κ2) is 7.78. The largest absolute Gasteiger partial charge is 0.342 e. The summed E-state index contributed by atoms with van der Waals surface area (Å²) < 4.78 is 0. The smallest absolute Gasteiger partial charge is 0.226 e. The zero-order valence-corrected chi connectivity index (χ0v) is 14.3. The van der Waals surface area contributed by atoms with E-state index in [2.05, 4.69) is 21.7 Å². The van der Waals surface area contributed by atoms with E-state index in [0.717, 1.165) is 32.1 Å². The number of hydrogen-bond acceptors (Lipinski definition) is 3. The lowest BCUT2D eigenvalue weighted by molar-refractivity contribution is -0.137. The first kappa shape index (κ1) is 16.3. The van der Waals surface area contributed by atoms with Crippen LogP contribution in [0.15, 0.2) is 0 Å². The van der Waals surface area contributed by atoms with Crippen molar-refractivity contribution in [2.45, 2.75) is 57.4 Å². The fourth-order valence-electron chi connectivity index (χ4n) is 4.45. The van der Waals surface area contributed by atoms with Gasteiger partial charge >= 0.3 is 0 Å². The van der Waals surface area contributed by atoms with Gasteiger partial charge in [0.25, 0.3) is 0 Å². The predicted octanol–water partition coefficient (Wildman–Crippen LogP) is 2.20. The van der Waals surface area contributed by atoms with Crippen LogP contribution in [0.5, 0.6) is 0 Å². The highest BCUT2D eigenvalue weighted by atomic mass is 16.2. The number of hydrogen-bond donors (Lipinski definition) is 0. The molecule has 3 saturated heterocycles. The molecule has 3 aliphatic rings. The summed E-state index contributed by atoms with van der Waals surface area (Å²) in [5, 5.41) is 0. The summed E-state index contributed by atoms with van der Waals surface area (Å²) >= 11 is 0. The third-order valence-corrected chi connectivity index (χ3v) is 5.92. The third kappa shape index (κ3) is 4.02. The molecular weight excluding hydrogens is 274 g/mol. The average Bonchev–Trinajstić information content (AvgIpc) is 2.84. The first-order valence-electron chi connectivity index (χ1n) is 9.45. The molecule has 4 nitrogen and oxygen atoms in total. The summed E-state index contributed by atoms with van der Waals surface area (Å²) in [6.45, 7) is 6.66. The molecule has 126 valence electrons. The number of likely N-dealkylation sites (tertiary alicyclic amines) is 3. The van der Waals surface area contributed by atoms with E-state index in [1.165, 1.54) is 64.6 Å². The molecule has 0 spiro atoms. The molecule has 4 heteroatoms. The molecule has 1 amide bonds. The highest BCUT2D eigenvalue weighted by Gasteiger charge is 2.33. The number of piperidine rings is 2. The van der Waals surface area contributed by atoms with Gasteiger partial charge in [-0.05, 0) is 65.2 Å². The van der Waals surface area contributed by atoms with Gasteiger partial charge in [-0.15, -0.1) is 0 Å². The number of nitrogens with zero attached hydrogens (tertiary/aromatic N) is 3. The highest BCUT2D eigenvalue weighted by Crippen LogP contribution is 2.25. The molecule has 3 rings (SSSR count). The molecule has 22 heavy (non-hydrogen) atoms. The van der Waals surface area contributed by atoms with Crippen molar-refractivity contribution in [3.63, 3.8) is 0 Å². The van der Waals surface area contributed by atoms with Crippen LogP contribution in [0.2, 0.25) is 0 Å². The van der Waals surface area contributed by atoms with E-state index in [9.17, 15) is 4.79 Å². The molecule has 0 aromatic rings. The van der Waals surface area contributed by atoms with Gasteiger partial charge in [0, 0.05) is 25.7 Å². The molecule has 3 fully saturated rings. The predicted molar refractivity (Wildman–Crippen MR) is 89.9 cm³/mol. The Bertz CT molecular complexity index is 357. The zero-order chi connectivity index (χ0) is 15.4. The summed E-state index contributed by atoms with van der Waals surface area (Å²) in [6, 6.07) is 0.718. The number of carbonyl (C=O) groups excluding carboxylic acids is 1. The monoisotopic (exact) mass is 307 g/mol. The molecule has 0 aromatic heterocycles. The maximum Gasteiger partial charge on any atom is 0.226 e. The van der Waals surface area contributed by atoms with Crippen molar-refractivity contribution in [1.82, 2.24) is 14.7 Å². The molecule has 0 unspecified atom stereocenters. The van der Waals surface area contributed by atoms with E-state index in [0.29, 0.717) is 5.91 Å². The Morgan fingerprint density at radius 1 is 0.818 bits per heavy atom. The third-order valence-electron chi connectivity index (χ3n) is 5.92. The van der Waals surface area contributed by atoms with Crippen molar-refractivity contribution in [3.8, 4) is 0 Å². The topological polar surface area (TPSA) is 26.8 Å². The number of carbonyl (C=O) groups is 1. The fourth-order valence-corrected chi connectivity index (χ4v) is 4.45. The minimum atomic E-state index is 0.270. The maximum atomic E-state index is 12.9.